The minimum Gasteiger partial charge on any atom is -0.360 e. The molecule has 0 unspecified atom stereocenters. The fourth-order valence-corrected chi connectivity index (χ4v) is 5.19. The van der Waals surface area contributed by atoms with Crippen molar-refractivity contribution in [3.8, 4) is 0 Å². The summed E-state index contributed by atoms with van der Waals surface area (Å²) in [5.74, 6) is 0.212. The quantitative estimate of drug-likeness (QED) is 0.507. The van der Waals surface area contributed by atoms with Crippen molar-refractivity contribution in [1.29, 1.82) is 0 Å². The highest BCUT2D eigenvalue weighted by Gasteiger charge is 2.27. The second-order valence-corrected chi connectivity index (χ2v) is 9.68. The number of hydrogen-bond donors (Lipinski definition) is 3. The first kappa shape index (κ1) is 22.6. The number of H-pyrrole nitrogens is 1. The smallest absolute Gasteiger partial charge is 0.257 e. The first-order chi connectivity index (χ1) is 16.6. The maximum atomic E-state index is 12.7. The number of piperidine rings is 1. The highest BCUT2D eigenvalue weighted by Crippen LogP contribution is 2.23. The molecule has 1 saturated heterocycles. The third-order valence-corrected chi connectivity index (χ3v) is 7.16. The Labute approximate surface area is 200 Å². The molecule has 0 spiro atoms. The largest absolute Gasteiger partial charge is 0.360 e. The van der Waals surface area contributed by atoms with Gasteiger partial charge in [0.2, 0.25) is 5.91 Å². The molecule has 3 heterocycles. The Morgan fingerprint density at radius 2 is 1.85 bits per heavy atom. The number of nitrogens with one attached hydrogen (secondary N) is 3. The zero-order valence-electron chi connectivity index (χ0n) is 19.6. The molecule has 1 aliphatic carbocycles. The third kappa shape index (κ3) is 5.47. The summed E-state index contributed by atoms with van der Waals surface area (Å²) in [5, 5.41) is 6.29. The molecule has 1 saturated carbocycles. The van der Waals surface area contributed by atoms with Crippen LogP contribution in [0.1, 0.15) is 60.9 Å². The van der Waals surface area contributed by atoms with Gasteiger partial charge in [0.15, 0.2) is 0 Å². The number of carbonyl (C=O) groups is 2. The van der Waals surface area contributed by atoms with E-state index < -0.39 is 0 Å². The second-order valence-electron chi connectivity index (χ2n) is 9.68. The molecule has 0 atom stereocenters. The van der Waals surface area contributed by atoms with Crippen molar-refractivity contribution in [3.05, 3.63) is 59.9 Å². The van der Waals surface area contributed by atoms with Gasteiger partial charge in [-0.1, -0.05) is 31.4 Å². The molecule has 1 aromatic carbocycles. The van der Waals surface area contributed by atoms with Gasteiger partial charge in [-0.2, -0.15) is 0 Å². The van der Waals surface area contributed by atoms with E-state index >= 15 is 0 Å². The van der Waals surface area contributed by atoms with E-state index in [1.54, 1.807) is 6.20 Å². The molecule has 2 aliphatic rings. The molecule has 2 fully saturated rings. The Morgan fingerprint density at radius 1 is 1.03 bits per heavy atom. The Hall–Kier alpha value is -3.19. The average Bonchev–Trinajstić information content (AvgIpc) is 3.33. The van der Waals surface area contributed by atoms with E-state index in [4.69, 9.17) is 0 Å². The molecule has 1 aliphatic heterocycles. The van der Waals surface area contributed by atoms with Crippen LogP contribution in [-0.2, 0) is 11.3 Å². The van der Waals surface area contributed by atoms with Crippen molar-refractivity contribution in [3.63, 3.8) is 0 Å². The predicted molar refractivity (Wildman–Crippen MR) is 134 cm³/mol. The van der Waals surface area contributed by atoms with Crippen LogP contribution in [0.15, 0.2) is 48.8 Å². The normalized spacial score (nSPS) is 18.1. The van der Waals surface area contributed by atoms with Crippen molar-refractivity contribution in [2.24, 2.45) is 5.92 Å². The predicted octanol–water partition coefficient (Wildman–Crippen LogP) is 4.48. The molecule has 0 radical (unpaired) electrons. The number of aromatic amines is 1. The van der Waals surface area contributed by atoms with Crippen LogP contribution < -0.4 is 10.6 Å². The van der Waals surface area contributed by atoms with Crippen molar-refractivity contribution in [2.75, 3.05) is 18.4 Å². The molecule has 3 aromatic rings. The number of nitrogens with zero attached hydrogens (tertiary/aromatic N) is 2. The fraction of sp³-hybridized carbons (Fsp3) is 0.444. The number of anilines is 1. The summed E-state index contributed by atoms with van der Waals surface area (Å²) in [6, 6.07) is 12.1. The van der Waals surface area contributed by atoms with Crippen LogP contribution in [0.3, 0.4) is 0 Å². The SMILES string of the molecule is O=C(Nc1cccc(CN2CCC(C(=O)NC3CCCCC3)CC2)c1)c1cnc2cc[nH]c2c1. The van der Waals surface area contributed by atoms with Crippen LogP contribution in [0, 0.1) is 5.92 Å². The maximum absolute atomic E-state index is 12.7. The van der Waals surface area contributed by atoms with Gasteiger partial charge in [-0.05, 0) is 68.6 Å². The number of benzene rings is 1. The van der Waals surface area contributed by atoms with Crippen molar-refractivity contribution < 1.29 is 9.59 Å². The van der Waals surface area contributed by atoms with Crippen LogP contribution in [0.25, 0.3) is 11.0 Å². The number of aromatic nitrogens is 2. The summed E-state index contributed by atoms with van der Waals surface area (Å²) in [5.41, 5.74) is 4.14. The number of hydrogen-bond acceptors (Lipinski definition) is 4. The Bertz CT molecular complexity index is 1140. The van der Waals surface area contributed by atoms with Gasteiger partial charge in [-0.25, -0.2) is 0 Å². The summed E-state index contributed by atoms with van der Waals surface area (Å²) < 4.78 is 0. The number of pyridine rings is 1. The molecule has 7 nitrogen and oxygen atoms in total. The zero-order valence-corrected chi connectivity index (χ0v) is 19.6. The van der Waals surface area contributed by atoms with E-state index in [1.807, 2.05) is 36.5 Å². The van der Waals surface area contributed by atoms with Gasteiger partial charge in [0.1, 0.15) is 0 Å². The molecule has 34 heavy (non-hydrogen) atoms. The molecule has 0 bridgehead atoms. The van der Waals surface area contributed by atoms with Crippen molar-refractivity contribution in [2.45, 2.75) is 57.5 Å². The molecule has 5 rings (SSSR count). The van der Waals surface area contributed by atoms with Gasteiger partial charge in [0.25, 0.3) is 5.91 Å². The minimum atomic E-state index is -0.175. The summed E-state index contributed by atoms with van der Waals surface area (Å²) in [4.78, 5) is 35.2. The van der Waals surface area contributed by atoms with Crippen LogP contribution in [0.5, 0.6) is 0 Å². The van der Waals surface area contributed by atoms with E-state index in [0.717, 1.165) is 67.6 Å². The lowest BCUT2D eigenvalue weighted by molar-refractivity contribution is -0.127. The van der Waals surface area contributed by atoms with Gasteiger partial charge < -0.3 is 15.6 Å². The van der Waals surface area contributed by atoms with Crippen LogP contribution in [0.4, 0.5) is 5.69 Å². The van der Waals surface area contributed by atoms with Crippen LogP contribution in [0.2, 0.25) is 0 Å². The fourth-order valence-electron chi connectivity index (χ4n) is 5.19. The number of rotatable bonds is 6. The summed E-state index contributed by atoms with van der Waals surface area (Å²) in [6.45, 7) is 2.65. The van der Waals surface area contributed by atoms with Gasteiger partial charge >= 0.3 is 0 Å². The number of amides is 2. The lowest BCUT2D eigenvalue weighted by Gasteiger charge is -2.32. The van der Waals surface area contributed by atoms with E-state index in [1.165, 1.54) is 19.3 Å². The summed E-state index contributed by atoms with van der Waals surface area (Å²) >= 11 is 0. The van der Waals surface area contributed by atoms with Gasteiger partial charge in [-0.15, -0.1) is 0 Å². The van der Waals surface area contributed by atoms with E-state index in [0.29, 0.717) is 11.6 Å². The topological polar surface area (TPSA) is 90.1 Å². The average molecular weight is 460 g/mol. The standard InChI is InChI=1S/C27H33N5O2/c33-26(30-22-6-2-1-3-7-22)20-10-13-32(14-11-20)18-19-5-4-8-23(15-19)31-27(34)21-16-25-24(29-17-21)9-12-28-25/h4-5,8-9,12,15-17,20,22,28H,1-3,6-7,10-11,13-14,18H2,(H,30,33)(H,31,34). The number of likely N-dealkylation sites (tertiary alicyclic amines) is 1. The first-order valence-corrected chi connectivity index (χ1v) is 12.5. The molecule has 2 amide bonds. The van der Waals surface area contributed by atoms with Crippen molar-refractivity contribution >= 4 is 28.5 Å². The zero-order chi connectivity index (χ0) is 23.3. The van der Waals surface area contributed by atoms with Crippen molar-refractivity contribution in [1.82, 2.24) is 20.2 Å². The minimum absolute atomic E-state index is 0.134. The molecule has 7 heteroatoms. The van der Waals surface area contributed by atoms with E-state index in [9.17, 15) is 9.59 Å². The molecule has 3 N–H and O–H groups in total. The van der Waals surface area contributed by atoms with Crippen LogP contribution >= 0.6 is 0 Å². The summed E-state index contributed by atoms with van der Waals surface area (Å²) in [7, 11) is 0. The summed E-state index contributed by atoms with van der Waals surface area (Å²) in [6.07, 6.45) is 11.3. The Balaban J connectivity index is 1.12. The molecular formula is C27H33N5O2. The Morgan fingerprint density at radius 3 is 2.68 bits per heavy atom. The lowest BCUT2D eigenvalue weighted by Crippen LogP contribution is -2.44. The number of carbonyl (C=O) groups excluding carboxylic acids is 2. The maximum Gasteiger partial charge on any atom is 0.257 e. The molecule has 178 valence electrons. The number of fused-ring (bicyclic) bond motifs is 1. The van der Waals surface area contributed by atoms with Gasteiger partial charge in [-0.3, -0.25) is 19.5 Å². The van der Waals surface area contributed by atoms with Crippen LogP contribution in [-0.4, -0.2) is 45.8 Å². The second kappa shape index (κ2) is 10.4. The van der Waals surface area contributed by atoms with Gasteiger partial charge in [0, 0.05) is 36.6 Å². The highest BCUT2D eigenvalue weighted by atomic mass is 16.2. The van der Waals surface area contributed by atoms with E-state index in [2.05, 4.69) is 31.6 Å². The Kier molecular flexibility index (Phi) is 6.90. The molecule has 2 aromatic heterocycles. The first-order valence-electron chi connectivity index (χ1n) is 12.5. The van der Waals surface area contributed by atoms with Gasteiger partial charge in [0.05, 0.1) is 16.6 Å². The lowest BCUT2D eigenvalue weighted by atomic mass is 9.92. The third-order valence-electron chi connectivity index (χ3n) is 7.16. The highest BCUT2D eigenvalue weighted by molar-refractivity contribution is 6.05. The monoisotopic (exact) mass is 459 g/mol. The van der Waals surface area contributed by atoms with E-state index in [-0.39, 0.29) is 17.7 Å². The molecular weight excluding hydrogens is 426 g/mol.